The molecule has 1 aromatic rings. The van der Waals surface area contributed by atoms with Crippen molar-refractivity contribution in [3.05, 3.63) is 29.8 Å². The molecular formula is C15H21NO3. The van der Waals surface area contributed by atoms with Gasteiger partial charge in [-0.3, -0.25) is 4.79 Å². The molecule has 4 nitrogen and oxygen atoms in total. The van der Waals surface area contributed by atoms with Crippen LogP contribution >= 0.6 is 0 Å². The first-order chi connectivity index (χ1) is 9.20. The third kappa shape index (κ3) is 3.70. The minimum atomic E-state index is 0.00130. The number of aryl methyl sites for hydroxylation is 1. The van der Waals surface area contributed by atoms with Crippen molar-refractivity contribution in [3.8, 4) is 5.75 Å². The number of nitrogens with zero attached hydrogens (tertiary/aromatic N) is 1. The highest BCUT2D eigenvalue weighted by Crippen LogP contribution is 2.18. The number of hydrogen-bond acceptors (Lipinski definition) is 3. The Bertz CT molecular complexity index is 433. The van der Waals surface area contributed by atoms with Crippen LogP contribution in [-0.4, -0.2) is 42.2 Å². The summed E-state index contributed by atoms with van der Waals surface area (Å²) >= 11 is 0. The Morgan fingerprint density at radius 3 is 3.00 bits per heavy atom. The van der Waals surface area contributed by atoms with Gasteiger partial charge in [0.1, 0.15) is 5.75 Å². The molecule has 1 aliphatic rings. The van der Waals surface area contributed by atoms with E-state index in [2.05, 4.69) is 0 Å². The molecule has 0 spiro atoms. The van der Waals surface area contributed by atoms with E-state index in [-0.39, 0.29) is 25.0 Å². The molecule has 1 unspecified atom stereocenters. The van der Waals surface area contributed by atoms with Crippen molar-refractivity contribution in [2.24, 2.45) is 5.92 Å². The van der Waals surface area contributed by atoms with E-state index in [1.54, 1.807) is 4.90 Å². The molecule has 1 atom stereocenters. The van der Waals surface area contributed by atoms with Gasteiger partial charge in [-0.15, -0.1) is 0 Å². The van der Waals surface area contributed by atoms with Crippen LogP contribution in [-0.2, 0) is 4.79 Å². The number of likely N-dealkylation sites (tertiary alicyclic amines) is 1. The number of ether oxygens (including phenoxy) is 1. The Balaban J connectivity index is 1.86. The molecule has 0 bridgehead atoms. The van der Waals surface area contributed by atoms with Crippen LogP contribution in [0.25, 0.3) is 0 Å². The number of benzene rings is 1. The molecule has 104 valence electrons. The summed E-state index contributed by atoms with van der Waals surface area (Å²) in [6, 6.07) is 7.67. The first kappa shape index (κ1) is 13.9. The fourth-order valence-corrected chi connectivity index (χ4v) is 2.39. The monoisotopic (exact) mass is 263 g/mol. The summed E-state index contributed by atoms with van der Waals surface area (Å²) in [5.41, 5.74) is 1.03. The zero-order valence-electron chi connectivity index (χ0n) is 11.3. The van der Waals surface area contributed by atoms with Gasteiger partial charge in [0.15, 0.2) is 6.61 Å². The lowest BCUT2D eigenvalue weighted by Gasteiger charge is -2.31. The van der Waals surface area contributed by atoms with E-state index < -0.39 is 0 Å². The molecule has 1 aliphatic heterocycles. The normalized spacial score (nSPS) is 19.3. The van der Waals surface area contributed by atoms with Crippen LogP contribution < -0.4 is 4.74 Å². The van der Waals surface area contributed by atoms with E-state index >= 15 is 0 Å². The van der Waals surface area contributed by atoms with Gasteiger partial charge in [0.25, 0.3) is 5.91 Å². The minimum absolute atomic E-state index is 0.00130. The summed E-state index contributed by atoms with van der Waals surface area (Å²) in [7, 11) is 0. The first-order valence-corrected chi connectivity index (χ1v) is 6.77. The topological polar surface area (TPSA) is 49.8 Å². The Kier molecular flexibility index (Phi) is 4.80. The van der Waals surface area contributed by atoms with Gasteiger partial charge in [0.05, 0.1) is 0 Å². The van der Waals surface area contributed by atoms with E-state index in [1.165, 1.54) is 0 Å². The molecule has 1 heterocycles. The molecule has 2 rings (SSSR count). The Morgan fingerprint density at radius 1 is 1.47 bits per heavy atom. The molecule has 0 aromatic heterocycles. The van der Waals surface area contributed by atoms with Gasteiger partial charge in [0.2, 0.25) is 0 Å². The molecule has 1 aromatic carbocycles. The Morgan fingerprint density at radius 2 is 2.26 bits per heavy atom. The molecule has 1 fully saturated rings. The van der Waals surface area contributed by atoms with Crippen LogP contribution in [0.2, 0.25) is 0 Å². The maximum atomic E-state index is 12.1. The SMILES string of the molecule is Cc1ccccc1OCC(=O)N1CCCC(CO)C1. The first-order valence-electron chi connectivity index (χ1n) is 6.77. The molecule has 0 saturated carbocycles. The van der Waals surface area contributed by atoms with Gasteiger partial charge >= 0.3 is 0 Å². The maximum absolute atomic E-state index is 12.1. The van der Waals surface area contributed by atoms with E-state index in [9.17, 15) is 4.79 Å². The number of aliphatic hydroxyl groups excluding tert-OH is 1. The molecule has 0 radical (unpaired) electrons. The van der Waals surface area contributed by atoms with Gasteiger partial charge in [-0.2, -0.15) is 0 Å². The lowest BCUT2D eigenvalue weighted by Crippen LogP contribution is -2.43. The summed E-state index contributed by atoms with van der Waals surface area (Å²) < 4.78 is 5.57. The zero-order chi connectivity index (χ0) is 13.7. The van der Waals surface area contributed by atoms with Crippen LogP contribution in [0.15, 0.2) is 24.3 Å². The van der Waals surface area contributed by atoms with Gasteiger partial charge in [-0.05, 0) is 37.3 Å². The highest BCUT2D eigenvalue weighted by atomic mass is 16.5. The predicted octanol–water partition coefficient (Wildman–Crippen LogP) is 1.60. The fourth-order valence-electron chi connectivity index (χ4n) is 2.39. The molecule has 1 saturated heterocycles. The predicted molar refractivity (Wildman–Crippen MR) is 73.1 cm³/mol. The number of para-hydroxylation sites is 1. The summed E-state index contributed by atoms with van der Waals surface area (Å²) in [4.78, 5) is 13.9. The van der Waals surface area contributed by atoms with Gasteiger partial charge in [-0.1, -0.05) is 18.2 Å². The standard InChI is InChI=1S/C15H21NO3/c1-12-5-2-3-7-14(12)19-11-15(18)16-8-4-6-13(9-16)10-17/h2-3,5,7,13,17H,4,6,8-11H2,1H3. The highest BCUT2D eigenvalue weighted by molar-refractivity contribution is 5.77. The largest absolute Gasteiger partial charge is 0.484 e. The fraction of sp³-hybridized carbons (Fsp3) is 0.533. The van der Waals surface area contributed by atoms with Gasteiger partial charge in [-0.25, -0.2) is 0 Å². The van der Waals surface area contributed by atoms with Crippen molar-refractivity contribution >= 4 is 5.91 Å². The second-order valence-corrected chi connectivity index (χ2v) is 5.08. The summed E-state index contributed by atoms with van der Waals surface area (Å²) in [6.45, 7) is 3.60. The van der Waals surface area contributed by atoms with E-state index in [0.717, 1.165) is 30.7 Å². The number of carbonyl (C=O) groups is 1. The van der Waals surface area contributed by atoms with Gasteiger partial charge < -0.3 is 14.7 Å². The number of hydrogen-bond donors (Lipinski definition) is 1. The number of aliphatic hydroxyl groups is 1. The molecule has 19 heavy (non-hydrogen) atoms. The molecule has 0 aliphatic carbocycles. The van der Waals surface area contributed by atoms with Crippen molar-refractivity contribution in [3.63, 3.8) is 0 Å². The van der Waals surface area contributed by atoms with Crippen molar-refractivity contribution in [2.75, 3.05) is 26.3 Å². The number of amides is 1. The molecule has 1 amide bonds. The molecule has 4 heteroatoms. The van der Waals surface area contributed by atoms with Crippen LogP contribution in [0.3, 0.4) is 0 Å². The van der Waals surface area contributed by atoms with E-state index in [1.807, 2.05) is 31.2 Å². The quantitative estimate of drug-likeness (QED) is 0.897. The average Bonchev–Trinajstić information content (AvgIpc) is 2.46. The number of piperidine rings is 1. The average molecular weight is 263 g/mol. The second kappa shape index (κ2) is 6.57. The van der Waals surface area contributed by atoms with Crippen LogP contribution in [0, 0.1) is 12.8 Å². The molecular weight excluding hydrogens is 242 g/mol. The third-order valence-corrected chi connectivity index (χ3v) is 3.57. The number of rotatable bonds is 4. The number of carbonyl (C=O) groups excluding carboxylic acids is 1. The highest BCUT2D eigenvalue weighted by Gasteiger charge is 2.23. The maximum Gasteiger partial charge on any atom is 0.260 e. The Labute approximate surface area is 114 Å². The summed E-state index contributed by atoms with van der Waals surface area (Å²) in [5.74, 6) is 0.976. The van der Waals surface area contributed by atoms with Crippen molar-refractivity contribution in [1.29, 1.82) is 0 Å². The summed E-state index contributed by atoms with van der Waals surface area (Å²) in [5, 5.41) is 9.17. The lowest BCUT2D eigenvalue weighted by atomic mass is 9.99. The van der Waals surface area contributed by atoms with Crippen molar-refractivity contribution in [2.45, 2.75) is 19.8 Å². The smallest absolute Gasteiger partial charge is 0.260 e. The summed E-state index contributed by atoms with van der Waals surface area (Å²) in [6.07, 6.45) is 1.96. The van der Waals surface area contributed by atoms with Crippen molar-refractivity contribution in [1.82, 2.24) is 4.90 Å². The minimum Gasteiger partial charge on any atom is -0.484 e. The van der Waals surface area contributed by atoms with Crippen LogP contribution in [0.5, 0.6) is 5.75 Å². The zero-order valence-corrected chi connectivity index (χ0v) is 11.3. The second-order valence-electron chi connectivity index (χ2n) is 5.08. The van der Waals surface area contributed by atoms with Gasteiger partial charge in [0, 0.05) is 19.7 Å². The van der Waals surface area contributed by atoms with Crippen LogP contribution in [0.4, 0.5) is 0 Å². The Hall–Kier alpha value is -1.55. The van der Waals surface area contributed by atoms with Crippen molar-refractivity contribution < 1.29 is 14.6 Å². The third-order valence-electron chi connectivity index (χ3n) is 3.57. The van der Waals surface area contributed by atoms with E-state index in [0.29, 0.717) is 6.54 Å². The van der Waals surface area contributed by atoms with Crippen LogP contribution in [0.1, 0.15) is 18.4 Å². The van der Waals surface area contributed by atoms with E-state index in [4.69, 9.17) is 9.84 Å². The molecule has 1 N–H and O–H groups in total. The lowest BCUT2D eigenvalue weighted by molar-refractivity contribution is -0.135.